The lowest BCUT2D eigenvalue weighted by Gasteiger charge is -2.26. The fourth-order valence-corrected chi connectivity index (χ4v) is 3.70. The highest BCUT2D eigenvalue weighted by Gasteiger charge is 2.19. The van der Waals surface area contributed by atoms with E-state index < -0.39 is 0 Å². The molecule has 1 atom stereocenters. The number of hydrogen-bond acceptors (Lipinski definition) is 7. The van der Waals surface area contributed by atoms with Gasteiger partial charge in [-0.1, -0.05) is 12.1 Å². The average molecular weight is 480 g/mol. The first kappa shape index (κ1) is 24.2. The molecular weight excluding hydrogens is 450 g/mol. The molecule has 1 saturated heterocycles. The summed E-state index contributed by atoms with van der Waals surface area (Å²) in [4.78, 5) is 31.0. The van der Waals surface area contributed by atoms with Crippen LogP contribution in [0.1, 0.15) is 35.8 Å². The molecule has 0 aliphatic carbocycles. The van der Waals surface area contributed by atoms with E-state index in [1.54, 1.807) is 34.1 Å². The van der Waals surface area contributed by atoms with Gasteiger partial charge in [0.2, 0.25) is 0 Å². The molecule has 4 rings (SSSR count). The molecule has 0 saturated carbocycles. The van der Waals surface area contributed by atoms with Gasteiger partial charge in [-0.2, -0.15) is 5.10 Å². The van der Waals surface area contributed by atoms with Crippen molar-refractivity contribution in [2.45, 2.75) is 19.9 Å². The van der Waals surface area contributed by atoms with Crippen molar-refractivity contribution in [3.8, 4) is 17.2 Å². The standard InChI is InChI=1S/C25H29N5O5/c1-3-34-23-14-20(6-9-22(23)35-15-24(31)29-10-12-33-13-11-29)25(32)28-18(2)19-4-7-21(8-5-19)30-17-26-16-27-30/h4-9,14,16-18H,3,10-13,15H2,1-2H3,(H,28,32). The van der Waals surface area contributed by atoms with E-state index in [0.29, 0.717) is 50.0 Å². The Hall–Kier alpha value is -3.92. The second-order valence-corrected chi connectivity index (χ2v) is 8.00. The highest BCUT2D eigenvalue weighted by Crippen LogP contribution is 2.29. The van der Waals surface area contributed by atoms with Crippen LogP contribution in [0.4, 0.5) is 0 Å². The van der Waals surface area contributed by atoms with E-state index in [1.165, 1.54) is 6.33 Å². The number of nitrogens with one attached hydrogen (secondary N) is 1. The lowest BCUT2D eigenvalue weighted by Crippen LogP contribution is -2.43. The van der Waals surface area contributed by atoms with Gasteiger partial charge in [0.1, 0.15) is 12.7 Å². The van der Waals surface area contributed by atoms with Gasteiger partial charge in [-0.05, 0) is 49.7 Å². The number of aromatic nitrogens is 3. The summed E-state index contributed by atoms with van der Waals surface area (Å²) >= 11 is 0. The zero-order chi connectivity index (χ0) is 24.6. The minimum Gasteiger partial charge on any atom is -0.490 e. The van der Waals surface area contributed by atoms with Crippen LogP contribution in [-0.4, -0.2) is 71.0 Å². The van der Waals surface area contributed by atoms with E-state index in [2.05, 4.69) is 15.4 Å². The van der Waals surface area contributed by atoms with Crippen LogP contribution in [-0.2, 0) is 9.53 Å². The first-order valence-electron chi connectivity index (χ1n) is 11.6. The highest BCUT2D eigenvalue weighted by atomic mass is 16.5. The van der Waals surface area contributed by atoms with Gasteiger partial charge in [0.05, 0.1) is 31.5 Å². The summed E-state index contributed by atoms with van der Waals surface area (Å²) in [6, 6.07) is 12.5. The van der Waals surface area contributed by atoms with Crippen molar-refractivity contribution >= 4 is 11.8 Å². The Morgan fingerprint density at radius 1 is 1.09 bits per heavy atom. The largest absolute Gasteiger partial charge is 0.490 e. The molecule has 3 aromatic rings. The summed E-state index contributed by atoms with van der Waals surface area (Å²) < 4.78 is 18.4. The van der Waals surface area contributed by atoms with Gasteiger partial charge in [-0.3, -0.25) is 9.59 Å². The van der Waals surface area contributed by atoms with Crippen LogP contribution in [0.3, 0.4) is 0 Å². The van der Waals surface area contributed by atoms with Crippen LogP contribution in [0.15, 0.2) is 55.1 Å². The van der Waals surface area contributed by atoms with Crippen LogP contribution in [0, 0.1) is 0 Å². The van der Waals surface area contributed by atoms with E-state index in [1.807, 2.05) is 38.1 Å². The number of benzene rings is 2. The zero-order valence-electron chi connectivity index (χ0n) is 19.8. The molecule has 1 aromatic heterocycles. The monoisotopic (exact) mass is 479 g/mol. The van der Waals surface area contributed by atoms with Gasteiger partial charge < -0.3 is 24.4 Å². The average Bonchev–Trinajstić information content (AvgIpc) is 3.43. The Balaban J connectivity index is 1.38. The quantitative estimate of drug-likeness (QED) is 0.502. The summed E-state index contributed by atoms with van der Waals surface area (Å²) in [7, 11) is 0. The molecule has 2 amide bonds. The Morgan fingerprint density at radius 3 is 2.54 bits per heavy atom. The van der Waals surface area contributed by atoms with Crippen LogP contribution < -0.4 is 14.8 Å². The fourth-order valence-electron chi connectivity index (χ4n) is 3.70. The van der Waals surface area contributed by atoms with Crippen molar-refractivity contribution in [2.24, 2.45) is 0 Å². The van der Waals surface area contributed by atoms with Crippen molar-refractivity contribution in [1.29, 1.82) is 0 Å². The Kier molecular flexibility index (Phi) is 7.94. The molecule has 0 spiro atoms. The summed E-state index contributed by atoms with van der Waals surface area (Å²) in [6.07, 6.45) is 3.10. The Bertz CT molecular complexity index is 1130. The molecule has 184 valence electrons. The number of rotatable bonds is 9. The number of morpholine rings is 1. The number of amides is 2. The fraction of sp³-hybridized carbons (Fsp3) is 0.360. The van der Waals surface area contributed by atoms with Crippen LogP contribution in [0.5, 0.6) is 11.5 Å². The van der Waals surface area contributed by atoms with Crippen molar-refractivity contribution in [2.75, 3.05) is 39.5 Å². The zero-order valence-corrected chi connectivity index (χ0v) is 19.8. The maximum atomic E-state index is 12.9. The van der Waals surface area contributed by atoms with Crippen molar-refractivity contribution in [3.63, 3.8) is 0 Å². The minimum atomic E-state index is -0.241. The third-order valence-electron chi connectivity index (χ3n) is 5.64. The first-order valence-corrected chi connectivity index (χ1v) is 11.6. The van der Waals surface area contributed by atoms with Gasteiger partial charge in [0, 0.05) is 18.7 Å². The molecule has 10 nitrogen and oxygen atoms in total. The molecule has 1 fully saturated rings. The number of carbonyl (C=O) groups excluding carboxylic acids is 2. The van der Waals surface area contributed by atoms with E-state index in [-0.39, 0.29) is 24.5 Å². The molecule has 2 heterocycles. The molecule has 2 aromatic carbocycles. The Morgan fingerprint density at radius 2 is 1.86 bits per heavy atom. The maximum Gasteiger partial charge on any atom is 0.260 e. The molecule has 1 N–H and O–H groups in total. The minimum absolute atomic E-state index is 0.104. The molecule has 35 heavy (non-hydrogen) atoms. The molecule has 1 aliphatic rings. The van der Waals surface area contributed by atoms with Crippen LogP contribution in [0.25, 0.3) is 5.69 Å². The molecule has 0 bridgehead atoms. The van der Waals surface area contributed by atoms with Gasteiger partial charge in [0.15, 0.2) is 18.1 Å². The van der Waals surface area contributed by atoms with Crippen LogP contribution >= 0.6 is 0 Å². The summed E-state index contributed by atoms with van der Waals surface area (Å²) in [5, 5.41) is 7.12. The predicted molar refractivity (Wildman–Crippen MR) is 128 cm³/mol. The normalized spacial score (nSPS) is 14.3. The summed E-state index contributed by atoms with van der Waals surface area (Å²) in [5.41, 5.74) is 2.27. The summed E-state index contributed by atoms with van der Waals surface area (Å²) in [5.74, 6) is 0.484. The van der Waals surface area contributed by atoms with E-state index in [0.717, 1.165) is 11.3 Å². The SMILES string of the molecule is CCOc1cc(C(=O)NC(C)c2ccc(-n3cncn3)cc2)ccc1OCC(=O)N1CCOCC1. The molecule has 1 unspecified atom stereocenters. The molecule has 0 radical (unpaired) electrons. The highest BCUT2D eigenvalue weighted by molar-refractivity contribution is 5.95. The van der Waals surface area contributed by atoms with Gasteiger partial charge in [-0.15, -0.1) is 0 Å². The first-order chi connectivity index (χ1) is 17.0. The van der Waals surface area contributed by atoms with E-state index in [9.17, 15) is 9.59 Å². The van der Waals surface area contributed by atoms with Crippen molar-refractivity contribution in [3.05, 3.63) is 66.2 Å². The number of carbonyl (C=O) groups is 2. The lowest BCUT2D eigenvalue weighted by atomic mass is 10.1. The third kappa shape index (κ3) is 6.15. The van der Waals surface area contributed by atoms with Crippen molar-refractivity contribution < 1.29 is 23.8 Å². The summed E-state index contributed by atoms with van der Waals surface area (Å²) in [6.45, 7) is 6.23. The predicted octanol–water partition coefficient (Wildman–Crippen LogP) is 2.39. The lowest BCUT2D eigenvalue weighted by molar-refractivity contribution is -0.137. The van der Waals surface area contributed by atoms with Gasteiger partial charge in [0.25, 0.3) is 11.8 Å². The number of ether oxygens (including phenoxy) is 3. The van der Waals surface area contributed by atoms with Crippen LogP contribution in [0.2, 0.25) is 0 Å². The Labute approximate surface area is 203 Å². The van der Waals surface area contributed by atoms with Crippen molar-refractivity contribution in [1.82, 2.24) is 25.0 Å². The second kappa shape index (κ2) is 11.5. The van der Waals surface area contributed by atoms with E-state index >= 15 is 0 Å². The number of hydrogen-bond donors (Lipinski definition) is 1. The molecular formula is C25H29N5O5. The topological polar surface area (TPSA) is 108 Å². The molecule has 10 heteroatoms. The second-order valence-electron chi connectivity index (χ2n) is 8.00. The van der Waals surface area contributed by atoms with E-state index in [4.69, 9.17) is 14.2 Å². The third-order valence-corrected chi connectivity index (χ3v) is 5.64. The smallest absolute Gasteiger partial charge is 0.260 e. The maximum absolute atomic E-state index is 12.9. The van der Waals surface area contributed by atoms with Gasteiger partial charge >= 0.3 is 0 Å². The number of nitrogens with zero attached hydrogens (tertiary/aromatic N) is 4. The molecule has 1 aliphatic heterocycles. The van der Waals surface area contributed by atoms with Gasteiger partial charge in [-0.25, -0.2) is 9.67 Å².